The van der Waals surface area contributed by atoms with Crippen LogP contribution in [0.4, 0.5) is 0 Å². The van der Waals surface area contributed by atoms with Gasteiger partial charge < -0.3 is 15.4 Å². The van der Waals surface area contributed by atoms with Gasteiger partial charge in [0.1, 0.15) is 10.9 Å². The SMILES string of the molecule is COCC(N)C(=O)N1CCN(S(=O)(=O)c2cccc(Cl)c2Cl)CC1. The van der Waals surface area contributed by atoms with E-state index in [-0.39, 0.29) is 53.6 Å². The summed E-state index contributed by atoms with van der Waals surface area (Å²) in [5.41, 5.74) is 5.73. The number of methoxy groups -OCH3 is 1. The zero-order valence-electron chi connectivity index (χ0n) is 13.1. The van der Waals surface area contributed by atoms with Gasteiger partial charge in [-0.05, 0) is 12.1 Å². The zero-order chi connectivity index (χ0) is 17.9. The molecule has 1 aliphatic heterocycles. The molecule has 0 bridgehead atoms. The summed E-state index contributed by atoms with van der Waals surface area (Å²) in [5, 5.41) is 0.178. The smallest absolute Gasteiger partial charge is 0.244 e. The number of piperazine rings is 1. The van der Waals surface area contributed by atoms with Crippen LogP contribution in [0.25, 0.3) is 0 Å². The van der Waals surface area contributed by atoms with Gasteiger partial charge in [-0.1, -0.05) is 29.3 Å². The first-order chi connectivity index (χ1) is 11.3. The van der Waals surface area contributed by atoms with Gasteiger partial charge in [-0.3, -0.25) is 4.79 Å². The van der Waals surface area contributed by atoms with Crippen LogP contribution in [0.2, 0.25) is 10.0 Å². The lowest BCUT2D eigenvalue weighted by Crippen LogP contribution is -2.55. The standard InChI is InChI=1S/C14H19Cl2N3O4S/c1-23-9-11(17)14(20)18-5-7-19(8-6-18)24(21,22)12-4-2-3-10(15)13(12)16/h2-4,11H,5-9,17H2,1H3. The van der Waals surface area contributed by atoms with Crippen LogP contribution in [0.15, 0.2) is 23.1 Å². The van der Waals surface area contributed by atoms with E-state index in [0.29, 0.717) is 0 Å². The molecule has 2 N–H and O–H groups in total. The van der Waals surface area contributed by atoms with Gasteiger partial charge in [-0.15, -0.1) is 0 Å². The maximum Gasteiger partial charge on any atom is 0.244 e. The first-order valence-electron chi connectivity index (χ1n) is 7.26. The monoisotopic (exact) mass is 395 g/mol. The average molecular weight is 396 g/mol. The molecule has 1 aliphatic rings. The Bertz CT molecular complexity index is 706. The molecule has 1 heterocycles. The van der Waals surface area contributed by atoms with Gasteiger partial charge >= 0.3 is 0 Å². The van der Waals surface area contributed by atoms with Crippen molar-refractivity contribution in [3.8, 4) is 0 Å². The highest BCUT2D eigenvalue weighted by Gasteiger charge is 2.33. The Morgan fingerprint density at radius 1 is 1.29 bits per heavy atom. The molecule has 1 aromatic rings. The number of benzene rings is 1. The Labute approximate surface area is 151 Å². The molecule has 1 saturated heterocycles. The van der Waals surface area contributed by atoms with Crippen molar-refractivity contribution in [3.63, 3.8) is 0 Å². The Hall–Kier alpha value is -0.900. The van der Waals surface area contributed by atoms with Crippen molar-refractivity contribution < 1.29 is 17.9 Å². The summed E-state index contributed by atoms with van der Waals surface area (Å²) >= 11 is 11.9. The second kappa shape index (κ2) is 7.99. The fourth-order valence-electron chi connectivity index (χ4n) is 2.46. The first-order valence-corrected chi connectivity index (χ1v) is 9.46. The van der Waals surface area contributed by atoms with E-state index in [1.54, 1.807) is 0 Å². The number of sulfonamides is 1. The third kappa shape index (κ3) is 4.01. The minimum absolute atomic E-state index is 0.000195. The van der Waals surface area contributed by atoms with Crippen molar-refractivity contribution >= 4 is 39.1 Å². The lowest BCUT2D eigenvalue weighted by atomic mass is 10.2. The average Bonchev–Trinajstić information content (AvgIpc) is 2.56. The molecule has 0 saturated carbocycles. The van der Waals surface area contributed by atoms with E-state index in [1.807, 2.05) is 0 Å². The van der Waals surface area contributed by atoms with Gasteiger partial charge in [0.15, 0.2) is 0 Å². The number of rotatable bonds is 5. The third-order valence-electron chi connectivity index (χ3n) is 3.75. The Balaban J connectivity index is 2.09. The van der Waals surface area contributed by atoms with Gasteiger partial charge in [0.2, 0.25) is 15.9 Å². The van der Waals surface area contributed by atoms with E-state index < -0.39 is 16.1 Å². The molecule has 1 amide bonds. The molecule has 2 rings (SSSR count). The lowest BCUT2D eigenvalue weighted by Gasteiger charge is -2.35. The number of amides is 1. The first kappa shape index (κ1) is 19.4. The lowest BCUT2D eigenvalue weighted by molar-refractivity contribution is -0.134. The number of carbonyl (C=O) groups excluding carboxylic acids is 1. The van der Waals surface area contributed by atoms with Crippen LogP contribution in [0.1, 0.15) is 0 Å². The van der Waals surface area contributed by atoms with Crippen molar-refractivity contribution in [1.29, 1.82) is 0 Å². The molecule has 0 aromatic heterocycles. The quantitative estimate of drug-likeness (QED) is 0.795. The van der Waals surface area contributed by atoms with Gasteiger partial charge in [0.05, 0.1) is 16.7 Å². The molecular formula is C14H19Cl2N3O4S. The summed E-state index contributed by atoms with van der Waals surface area (Å²) in [6.07, 6.45) is 0. The minimum Gasteiger partial charge on any atom is -0.383 e. The zero-order valence-corrected chi connectivity index (χ0v) is 15.4. The van der Waals surface area contributed by atoms with E-state index in [2.05, 4.69) is 0 Å². The molecule has 10 heteroatoms. The summed E-state index contributed by atoms with van der Waals surface area (Å²) < 4.78 is 31.6. The van der Waals surface area contributed by atoms with Crippen LogP contribution in [0, 0.1) is 0 Å². The van der Waals surface area contributed by atoms with Gasteiger partial charge in [-0.25, -0.2) is 8.42 Å². The van der Waals surface area contributed by atoms with Crippen LogP contribution in [-0.4, -0.2) is 69.5 Å². The van der Waals surface area contributed by atoms with Crippen LogP contribution in [0.5, 0.6) is 0 Å². The van der Waals surface area contributed by atoms with Crippen LogP contribution < -0.4 is 5.73 Å². The number of nitrogens with zero attached hydrogens (tertiary/aromatic N) is 2. The minimum atomic E-state index is -3.77. The number of ether oxygens (including phenoxy) is 1. The van der Waals surface area contributed by atoms with E-state index >= 15 is 0 Å². The predicted octanol–water partition coefficient (Wildman–Crippen LogP) is 0.800. The van der Waals surface area contributed by atoms with Gasteiger partial charge in [-0.2, -0.15) is 4.31 Å². The molecule has 0 radical (unpaired) electrons. The van der Waals surface area contributed by atoms with Crippen LogP contribution in [-0.2, 0) is 19.6 Å². The molecule has 1 fully saturated rings. The van der Waals surface area contributed by atoms with Gasteiger partial charge in [0.25, 0.3) is 0 Å². The maximum absolute atomic E-state index is 12.7. The molecule has 1 aromatic carbocycles. The van der Waals surface area contributed by atoms with E-state index in [1.165, 1.54) is 34.5 Å². The number of carbonyl (C=O) groups is 1. The van der Waals surface area contributed by atoms with Gasteiger partial charge in [0, 0.05) is 33.3 Å². The Morgan fingerprint density at radius 2 is 1.92 bits per heavy atom. The predicted molar refractivity (Wildman–Crippen MR) is 91.7 cm³/mol. The van der Waals surface area contributed by atoms with Crippen LogP contribution in [0.3, 0.4) is 0 Å². The highest BCUT2D eigenvalue weighted by molar-refractivity contribution is 7.89. The molecule has 24 heavy (non-hydrogen) atoms. The van der Waals surface area contributed by atoms with Crippen molar-refractivity contribution in [2.24, 2.45) is 5.73 Å². The summed E-state index contributed by atoms with van der Waals surface area (Å²) in [6, 6.07) is 3.72. The number of halogens is 2. The fraction of sp³-hybridized carbons (Fsp3) is 0.500. The molecular weight excluding hydrogens is 377 g/mol. The van der Waals surface area contributed by atoms with Crippen LogP contribution >= 0.6 is 23.2 Å². The summed E-state index contributed by atoms with van der Waals surface area (Å²) in [6.45, 7) is 0.962. The second-order valence-electron chi connectivity index (χ2n) is 5.34. The van der Waals surface area contributed by atoms with E-state index in [0.717, 1.165) is 0 Å². The molecule has 134 valence electrons. The molecule has 0 spiro atoms. The fourth-order valence-corrected chi connectivity index (χ4v) is 4.61. The van der Waals surface area contributed by atoms with Crippen molar-refractivity contribution in [2.45, 2.75) is 10.9 Å². The third-order valence-corrected chi connectivity index (χ3v) is 6.62. The molecule has 1 atom stereocenters. The van der Waals surface area contributed by atoms with Crippen molar-refractivity contribution in [3.05, 3.63) is 28.2 Å². The second-order valence-corrected chi connectivity index (χ2v) is 8.03. The number of hydrogen-bond donors (Lipinski definition) is 1. The number of nitrogens with two attached hydrogens (primary N) is 1. The van der Waals surface area contributed by atoms with Crippen molar-refractivity contribution in [2.75, 3.05) is 39.9 Å². The molecule has 7 nitrogen and oxygen atoms in total. The summed E-state index contributed by atoms with van der Waals surface area (Å²) in [5.74, 6) is -0.255. The summed E-state index contributed by atoms with van der Waals surface area (Å²) in [7, 11) is -2.31. The Morgan fingerprint density at radius 3 is 2.50 bits per heavy atom. The molecule has 1 unspecified atom stereocenters. The maximum atomic E-state index is 12.7. The van der Waals surface area contributed by atoms with E-state index in [4.69, 9.17) is 33.7 Å². The highest BCUT2D eigenvalue weighted by atomic mass is 35.5. The normalized spacial score (nSPS) is 17.8. The summed E-state index contributed by atoms with van der Waals surface area (Å²) in [4.78, 5) is 13.6. The van der Waals surface area contributed by atoms with E-state index in [9.17, 15) is 13.2 Å². The highest BCUT2D eigenvalue weighted by Crippen LogP contribution is 2.31. The van der Waals surface area contributed by atoms with Crippen molar-refractivity contribution in [1.82, 2.24) is 9.21 Å². The largest absolute Gasteiger partial charge is 0.383 e. The molecule has 0 aliphatic carbocycles. The Kier molecular flexibility index (Phi) is 6.46. The number of hydrogen-bond acceptors (Lipinski definition) is 5. The topological polar surface area (TPSA) is 92.9 Å².